The summed E-state index contributed by atoms with van der Waals surface area (Å²) in [6, 6.07) is 11.6. The van der Waals surface area contributed by atoms with Gasteiger partial charge < -0.3 is 14.5 Å². The number of aryl methyl sites for hydroxylation is 2. The second-order valence-corrected chi connectivity index (χ2v) is 6.31. The molecule has 1 aromatic carbocycles. The average Bonchev–Trinajstić information content (AvgIpc) is 3.26. The largest absolute Gasteiger partial charge is 0.479 e. The highest BCUT2D eigenvalue weighted by Crippen LogP contribution is 2.24. The van der Waals surface area contributed by atoms with Crippen molar-refractivity contribution >= 4 is 17.2 Å². The number of aromatic nitrogens is 4. The van der Waals surface area contributed by atoms with E-state index >= 15 is 0 Å². The van der Waals surface area contributed by atoms with Crippen LogP contribution in [0.1, 0.15) is 15.9 Å². The molecule has 1 N–H and O–H groups in total. The molecular weight excluding hydrogens is 342 g/mol. The van der Waals surface area contributed by atoms with Gasteiger partial charge in [0, 0.05) is 36.9 Å². The molecule has 7 nitrogen and oxygen atoms in total. The third-order valence-corrected chi connectivity index (χ3v) is 4.33. The Hall–Kier alpha value is -3.61. The number of nitrogens with one attached hydrogen (secondary N) is 1. The molecule has 136 valence electrons. The molecule has 0 radical (unpaired) electrons. The third kappa shape index (κ3) is 3.15. The third-order valence-electron chi connectivity index (χ3n) is 4.33. The highest BCUT2D eigenvalue weighted by atomic mass is 16.5. The van der Waals surface area contributed by atoms with Gasteiger partial charge in [0.1, 0.15) is 11.2 Å². The number of rotatable bonds is 4. The Kier molecular flexibility index (Phi) is 4.12. The first-order valence-corrected chi connectivity index (χ1v) is 8.49. The molecule has 0 saturated heterocycles. The standard InChI is InChI=1S/C20H19N5O2/c1-13-6-5-9-25-12-17(22-18(13)25)14-7-4-8-15(10-14)21-19(26)16-11-24(2)23-20(16)27-3/h4-12H,1-3H3,(H,21,26). The number of amides is 1. The summed E-state index contributed by atoms with van der Waals surface area (Å²) in [4.78, 5) is 17.3. The van der Waals surface area contributed by atoms with Crippen molar-refractivity contribution in [3.05, 3.63) is 66.1 Å². The molecule has 0 aliphatic heterocycles. The van der Waals surface area contributed by atoms with Crippen LogP contribution in [-0.2, 0) is 7.05 Å². The smallest absolute Gasteiger partial charge is 0.262 e. The summed E-state index contributed by atoms with van der Waals surface area (Å²) in [6.45, 7) is 2.03. The lowest BCUT2D eigenvalue weighted by molar-refractivity contribution is 0.102. The number of benzene rings is 1. The molecule has 0 saturated carbocycles. The van der Waals surface area contributed by atoms with Gasteiger partial charge >= 0.3 is 0 Å². The van der Waals surface area contributed by atoms with Gasteiger partial charge in [-0.15, -0.1) is 5.10 Å². The van der Waals surface area contributed by atoms with Gasteiger partial charge in [-0.3, -0.25) is 9.48 Å². The van der Waals surface area contributed by atoms with E-state index in [0.717, 1.165) is 22.5 Å². The minimum Gasteiger partial charge on any atom is -0.479 e. The molecule has 3 heterocycles. The summed E-state index contributed by atoms with van der Waals surface area (Å²) in [7, 11) is 3.23. The molecule has 0 spiro atoms. The van der Waals surface area contributed by atoms with Gasteiger partial charge in [0.25, 0.3) is 5.91 Å². The van der Waals surface area contributed by atoms with Gasteiger partial charge in [-0.25, -0.2) is 4.98 Å². The summed E-state index contributed by atoms with van der Waals surface area (Å²) in [5.41, 5.74) is 4.86. The molecule has 0 fully saturated rings. The van der Waals surface area contributed by atoms with E-state index in [1.165, 1.54) is 7.11 Å². The van der Waals surface area contributed by atoms with Crippen molar-refractivity contribution in [2.75, 3.05) is 12.4 Å². The molecule has 27 heavy (non-hydrogen) atoms. The Morgan fingerprint density at radius 3 is 2.81 bits per heavy atom. The fourth-order valence-electron chi connectivity index (χ4n) is 3.02. The van der Waals surface area contributed by atoms with Crippen LogP contribution in [0.3, 0.4) is 0 Å². The Labute approximate surface area is 156 Å². The number of hydrogen-bond donors (Lipinski definition) is 1. The fourth-order valence-corrected chi connectivity index (χ4v) is 3.02. The highest BCUT2D eigenvalue weighted by Gasteiger charge is 2.17. The lowest BCUT2D eigenvalue weighted by atomic mass is 10.1. The van der Waals surface area contributed by atoms with Crippen LogP contribution in [0, 0.1) is 6.92 Å². The molecule has 0 atom stereocenters. The maximum atomic E-state index is 12.6. The van der Waals surface area contributed by atoms with Crippen molar-refractivity contribution in [2.45, 2.75) is 6.92 Å². The summed E-state index contributed by atoms with van der Waals surface area (Å²) in [5.74, 6) is 0.0185. The summed E-state index contributed by atoms with van der Waals surface area (Å²) in [6.07, 6.45) is 5.58. The Morgan fingerprint density at radius 2 is 2.04 bits per heavy atom. The molecule has 4 rings (SSSR count). The second kappa shape index (κ2) is 6.60. The lowest BCUT2D eigenvalue weighted by Crippen LogP contribution is -2.12. The molecule has 3 aromatic heterocycles. The maximum Gasteiger partial charge on any atom is 0.262 e. The molecule has 0 unspecified atom stereocenters. The van der Waals surface area contributed by atoms with Crippen LogP contribution in [0.4, 0.5) is 5.69 Å². The first-order valence-electron chi connectivity index (χ1n) is 8.49. The van der Waals surface area contributed by atoms with Gasteiger partial charge in [0.2, 0.25) is 5.88 Å². The predicted molar refractivity (Wildman–Crippen MR) is 103 cm³/mol. The minimum absolute atomic E-state index is 0.275. The molecule has 0 aliphatic carbocycles. The SMILES string of the molecule is COc1nn(C)cc1C(=O)Nc1cccc(-c2cn3cccc(C)c3n2)c1. The fraction of sp³-hybridized carbons (Fsp3) is 0.150. The number of carbonyl (C=O) groups is 1. The Balaban J connectivity index is 1.64. The van der Waals surface area contributed by atoms with Crippen LogP contribution in [0.5, 0.6) is 5.88 Å². The summed E-state index contributed by atoms with van der Waals surface area (Å²) < 4.78 is 8.70. The molecule has 7 heteroatoms. The first-order chi connectivity index (χ1) is 13.0. The second-order valence-electron chi connectivity index (χ2n) is 6.31. The molecule has 0 aliphatic rings. The minimum atomic E-state index is -0.275. The van der Waals surface area contributed by atoms with Gasteiger partial charge in [0.05, 0.1) is 12.8 Å². The van der Waals surface area contributed by atoms with E-state index in [1.54, 1.807) is 17.9 Å². The summed E-state index contributed by atoms with van der Waals surface area (Å²) >= 11 is 0. The van der Waals surface area contributed by atoms with E-state index in [4.69, 9.17) is 9.72 Å². The topological polar surface area (TPSA) is 73.5 Å². The van der Waals surface area contributed by atoms with Crippen LogP contribution in [-0.4, -0.2) is 32.2 Å². The van der Waals surface area contributed by atoms with Gasteiger partial charge in [-0.2, -0.15) is 0 Å². The van der Waals surface area contributed by atoms with Crippen LogP contribution in [0.25, 0.3) is 16.9 Å². The van der Waals surface area contributed by atoms with E-state index in [9.17, 15) is 4.79 Å². The molecule has 0 bridgehead atoms. The quantitative estimate of drug-likeness (QED) is 0.605. The number of hydrogen-bond acceptors (Lipinski definition) is 4. The van der Waals surface area contributed by atoms with E-state index in [2.05, 4.69) is 10.4 Å². The van der Waals surface area contributed by atoms with E-state index in [1.807, 2.05) is 60.1 Å². The van der Waals surface area contributed by atoms with Gasteiger partial charge in [-0.1, -0.05) is 18.2 Å². The summed E-state index contributed by atoms with van der Waals surface area (Å²) in [5, 5.41) is 7.01. The first kappa shape index (κ1) is 16.8. The van der Waals surface area contributed by atoms with Crippen LogP contribution < -0.4 is 10.1 Å². The van der Waals surface area contributed by atoms with E-state index in [-0.39, 0.29) is 5.91 Å². The lowest BCUT2D eigenvalue weighted by Gasteiger charge is -2.06. The van der Waals surface area contributed by atoms with Crippen LogP contribution in [0.2, 0.25) is 0 Å². The van der Waals surface area contributed by atoms with Gasteiger partial charge in [-0.05, 0) is 30.7 Å². The number of anilines is 1. The van der Waals surface area contributed by atoms with Crippen molar-refractivity contribution in [1.82, 2.24) is 19.2 Å². The van der Waals surface area contributed by atoms with Crippen LogP contribution in [0.15, 0.2) is 55.0 Å². The van der Waals surface area contributed by atoms with Crippen molar-refractivity contribution in [3.63, 3.8) is 0 Å². The number of carbonyl (C=O) groups excluding carboxylic acids is 1. The van der Waals surface area contributed by atoms with Crippen molar-refractivity contribution < 1.29 is 9.53 Å². The zero-order valence-electron chi connectivity index (χ0n) is 15.3. The number of pyridine rings is 1. The number of nitrogens with zero attached hydrogens (tertiary/aromatic N) is 4. The predicted octanol–water partition coefficient (Wildman–Crippen LogP) is 3.30. The molecule has 4 aromatic rings. The highest BCUT2D eigenvalue weighted by molar-refractivity contribution is 6.06. The molecular formula is C20H19N5O2. The average molecular weight is 361 g/mol. The van der Waals surface area contributed by atoms with Crippen molar-refractivity contribution in [3.8, 4) is 17.1 Å². The van der Waals surface area contributed by atoms with Crippen molar-refractivity contribution in [2.24, 2.45) is 7.05 Å². The van der Waals surface area contributed by atoms with Crippen molar-refractivity contribution in [1.29, 1.82) is 0 Å². The Bertz CT molecular complexity index is 1140. The number of fused-ring (bicyclic) bond motifs is 1. The zero-order chi connectivity index (χ0) is 19.0. The number of methoxy groups -OCH3 is 1. The van der Waals surface area contributed by atoms with Gasteiger partial charge in [0.15, 0.2) is 0 Å². The zero-order valence-corrected chi connectivity index (χ0v) is 15.3. The normalized spacial score (nSPS) is 10.9. The molecule has 1 amide bonds. The number of imidazole rings is 1. The van der Waals surface area contributed by atoms with E-state index < -0.39 is 0 Å². The maximum absolute atomic E-state index is 12.6. The van der Waals surface area contributed by atoms with Crippen LogP contribution >= 0.6 is 0 Å². The van der Waals surface area contributed by atoms with E-state index in [0.29, 0.717) is 17.1 Å². The Morgan fingerprint density at radius 1 is 1.19 bits per heavy atom. The number of ether oxygens (including phenoxy) is 1. The monoisotopic (exact) mass is 361 g/mol.